The lowest BCUT2D eigenvalue weighted by molar-refractivity contribution is -0.0720. The standard InChI is InChI=1S/C16H21N3O2/c1-11-13(3-4-15(20-2)14(11)7-17)16-9-19-6-5-18-8-12(19)10-21-16/h3-4,12,16,18H,5-6,8-10H2,1-2H3/t12-,16+/m0/s1. The molecule has 2 aliphatic heterocycles. The van der Waals surface area contributed by atoms with E-state index in [1.54, 1.807) is 7.11 Å². The van der Waals surface area contributed by atoms with Crippen LogP contribution in [0.4, 0.5) is 0 Å². The number of benzene rings is 1. The van der Waals surface area contributed by atoms with Crippen LogP contribution in [0.3, 0.4) is 0 Å². The number of ether oxygens (including phenoxy) is 2. The Labute approximate surface area is 125 Å². The third kappa shape index (κ3) is 2.62. The minimum absolute atomic E-state index is 0.0392. The topological polar surface area (TPSA) is 57.5 Å². The molecular weight excluding hydrogens is 266 g/mol. The molecule has 112 valence electrons. The second-order valence-electron chi connectivity index (χ2n) is 5.64. The first-order valence-electron chi connectivity index (χ1n) is 7.38. The summed E-state index contributed by atoms with van der Waals surface area (Å²) in [6.45, 7) is 6.70. The molecule has 0 aliphatic carbocycles. The number of fused-ring (bicyclic) bond motifs is 1. The summed E-state index contributed by atoms with van der Waals surface area (Å²) >= 11 is 0. The highest BCUT2D eigenvalue weighted by molar-refractivity contribution is 5.52. The summed E-state index contributed by atoms with van der Waals surface area (Å²) in [4.78, 5) is 2.49. The molecule has 0 bridgehead atoms. The molecule has 3 rings (SSSR count). The molecule has 2 fully saturated rings. The Hall–Kier alpha value is -1.61. The molecule has 5 heteroatoms. The van der Waals surface area contributed by atoms with Gasteiger partial charge >= 0.3 is 0 Å². The van der Waals surface area contributed by atoms with E-state index in [-0.39, 0.29) is 6.10 Å². The van der Waals surface area contributed by atoms with Gasteiger partial charge in [-0.1, -0.05) is 6.07 Å². The molecule has 2 heterocycles. The Morgan fingerprint density at radius 1 is 1.48 bits per heavy atom. The Kier molecular flexibility index (Phi) is 4.11. The Morgan fingerprint density at radius 3 is 3.10 bits per heavy atom. The van der Waals surface area contributed by atoms with Crippen molar-refractivity contribution in [3.63, 3.8) is 0 Å². The van der Waals surface area contributed by atoms with E-state index in [1.165, 1.54) is 0 Å². The van der Waals surface area contributed by atoms with Crippen LogP contribution in [0.25, 0.3) is 0 Å². The molecule has 2 aliphatic rings. The minimum Gasteiger partial charge on any atom is -0.495 e. The Bertz CT molecular complexity index is 567. The highest BCUT2D eigenvalue weighted by atomic mass is 16.5. The van der Waals surface area contributed by atoms with Crippen LogP contribution >= 0.6 is 0 Å². The van der Waals surface area contributed by atoms with Gasteiger partial charge in [-0.2, -0.15) is 5.26 Å². The molecule has 0 spiro atoms. The molecule has 1 N–H and O–H groups in total. The SMILES string of the molecule is COc1ccc([C@H]2CN3CCNC[C@H]3CO2)c(C)c1C#N. The Morgan fingerprint density at radius 2 is 2.33 bits per heavy atom. The van der Waals surface area contributed by atoms with Crippen LogP contribution in [-0.4, -0.2) is 50.8 Å². The summed E-state index contributed by atoms with van der Waals surface area (Å²) in [5.41, 5.74) is 2.68. The van der Waals surface area contributed by atoms with Crippen LogP contribution in [0.2, 0.25) is 0 Å². The summed E-state index contributed by atoms with van der Waals surface area (Å²) in [5, 5.41) is 12.8. The van der Waals surface area contributed by atoms with Gasteiger partial charge in [-0.3, -0.25) is 4.90 Å². The van der Waals surface area contributed by atoms with Gasteiger partial charge in [0.15, 0.2) is 0 Å². The molecular formula is C16H21N3O2. The summed E-state index contributed by atoms with van der Waals surface area (Å²) in [7, 11) is 1.59. The molecule has 0 unspecified atom stereocenters. The minimum atomic E-state index is 0.0392. The highest BCUT2D eigenvalue weighted by Crippen LogP contribution is 2.32. The second-order valence-corrected chi connectivity index (χ2v) is 5.64. The van der Waals surface area contributed by atoms with Crippen molar-refractivity contribution in [2.45, 2.75) is 19.1 Å². The van der Waals surface area contributed by atoms with Gasteiger partial charge in [0.2, 0.25) is 0 Å². The molecule has 0 saturated carbocycles. The maximum absolute atomic E-state index is 9.35. The smallest absolute Gasteiger partial charge is 0.136 e. The molecule has 2 saturated heterocycles. The zero-order valence-electron chi connectivity index (χ0n) is 12.6. The fourth-order valence-corrected chi connectivity index (χ4v) is 3.25. The predicted molar refractivity (Wildman–Crippen MR) is 79.4 cm³/mol. The van der Waals surface area contributed by atoms with E-state index in [4.69, 9.17) is 9.47 Å². The van der Waals surface area contributed by atoms with E-state index in [2.05, 4.69) is 16.3 Å². The van der Waals surface area contributed by atoms with Crippen LogP contribution in [0.15, 0.2) is 12.1 Å². The van der Waals surface area contributed by atoms with Gasteiger partial charge in [-0.15, -0.1) is 0 Å². The maximum Gasteiger partial charge on any atom is 0.136 e. The number of methoxy groups -OCH3 is 1. The van der Waals surface area contributed by atoms with Gasteiger partial charge in [0.05, 0.1) is 25.4 Å². The van der Waals surface area contributed by atoms with Crippen molar-refractivity contribution in [3.05, 3.63) is 28.8 Å². The van der Waals surface area contributed by atoms with Crippen molar-refractivity contribution < 1.29 is 9.47 Å². The number of hydrogen-bond donors (Lipinski definition) is 1. The molecule has 5 nitrogen and oxygen atoms in total. The zero-order valence-corrected chi connectivity index (χ0v) is 12.6. The summed E-state index contributed by atoms with van der Waals surface area (Å²) in [6, 6.07) is 6.62. The molecule has 1 aromatic carbocycles. The normalized spacial score (nSPS) is 26.0. The largest absolute Gasteiger partial charge is 0.495 e. The van der Waals surface area contributed by atoms with Gasteiger partial charge in [-0.05, 0) is 24.1 Å². The van der Waals surface area contributed by atoms with Crippen LogP contribution < -0.4 is 10.1 Å². The fraction of sp³-hybridized carbons (Fsp3) is 0.562. The van der Waals surface area contributed by atoms with E-state index in [0.717, 1.165) is 43.9 Å². The molecule has 2 atom stereocenters. The van der Waals surface area contributed by atoms with Crippen molar-refractivity contribution in [3.8, 4) is 11.8 Å². The number of hydrogen-bond acceptors (Lipinski definition) is 5. The van der Waals surface area contributed by atoms with Crippen molar-refractivity contribution in [1.29, 1.82) is 5.26 Å². The summed E-state index contributed by atoms with van der Waals surface area (Å²) in [5.74, 6) is 0.634. The number of nitriles is 1. The lowest BCUT2D eigenvalue weighted by atomic mass is 9.96. The van der Waals surface area contributed by atoms with Crippen LogP contribution in [0, 0.1) is 18.3 Å². The zero-order chi connectivity index (χ0) is 14.8. The van der Waals surface area contributed by atoms with Gasteiger partial charge in [0, 0.05) is 32.2 Å². The lowest BCUT2D eigenvalue weighted by Crippen LogP contribution is -2.57. The number of rotatable bonds is 2. The molecule has 0 aromatic heterocycles. The van der Waals surface area contributed by atoms with Crippen LogP contribution in [0.5, 0.6) is 5.75 Å². The lowest BCUT2D eigenvalue weighted by Gasteiger charge is -2.43. The van der Waals surface area contributed by atoms with Gasteiger partial charge in [0.25, 0.3) is 0 Å². The van der Waals surface area contributed by atoms with Crippen molar-refractivity contribution in [2.24, 2.45) is 0 Å². The average Bonchev–Trinajstić information content (AvgIpc) is 2.54. The summed E-state index contributed by atoms with van der Waals surface area (Å²) in [6.07, 6.45) is 0.0392. The number of nitrogens with zero attached hydrogens (tertiary/aromatic N) is 2. The van der Waals surface area contributed by atoms with E-state index in [9.17, 15) is 5.26 Å². The van der Waals surface area contributed by atoms with Gasteiger partial charge < -0.3 is 14.8 Å². The van der Waals surface area contributed by atoms with Crippen molar-refractivity contribution >= 4 is 0 Å². The first-order valence-corrected chi connectivity index (χ1v) is 7.38. The number of morpholine rings is 1. The average molecular weight is 287 g/mol. The molecule has 0 radical (unpaired) electrons. The Balaban J connectivity index is 1.86. The van der Waals surface area contributed by atoms with E-state index < -0.39 is 0 Å². The van der Waals surface area contributed by atoms with Gasteiger partial charge in [0.1, 0.15) is 11.8 Å². The van der Waals surface area contributed by atoms with Crippen LogP contribution in [-0.2, 0) is 4.74 Å². The first kappa shape index (κ1) is 14.3. The molecule has 0 amide bonds. The fourth-order valence-electron chi connectivity index (χ4n) is 3.25. The number of nitrogens with one attached hydrogen (secondary N) is 1. The van der Waals surface area contributed by atoms with E-state index >= 15 is 0 Å². The molecule has 21 heavy (non-hydrogen) atoms. The summed E-state index contributed by atoms with van der Waals surface area (Å²) < 4.78 is 11.3. The molecule has 1 aromatic rings. The van der Waals surface area contributed by atoms with Crippen molar-refractivity contribution in [2.75, 3.05) is 39.9 Å². The monoisotopic (exact) mass is 287 g/mol. The van der Waals surface area contributed by atoms with Gasteiger partial charge in [-0.25, -0.2) is 0 Å². The first-order chi connectivity index (χ1) is 10.2. The van der Waals surface area contributed by atoms with E-state index in [1.807, 2.05) is 19.1 Å². The predicted octanol–water partition coefficient (Wildman–Crippen LogP) is 1.22. The highest BCUT2D eigenvalue weighted by Gasteiger charge is 2.32. The maximum atomic E-state index is 9.35. The second kappa shape index (κ2) is 6.02. The third-order valence-corrected chi connectivity index (χ3v) is 4.51. The van der Waals surface area contributed by atoms with E-state index in [0.29, 0.717) is 17.4 Å². The van der Waals surface area contributed by atoms with Crippen LogP contribution in [0.1, 0.15) is 22.8 Å². The number of piperazine rings is 1. The van der Waals surface area contributed by atoms with Crippen molar-refractivity contribution in [1.82, 2.24) is 10.2 Å². The third-order valence-electron chi connectivity index (χ3n) is 4.51. The quantitative estimate of drug-likeness (QED) is 0.886.